The number of thioether (sulfide) groups is 1. The molecule has 4 nitrogen and oxygen atoms in total. The molecule has 1 aromatic heterocycles. The van der Waals surface area contributed by atoms with Crippen molar-refractivity contribution in [3.05, 3.63) is 11.9 Å². The summed E-state index contributed by atoms with van der Waals surface area (Å²) >= 11 is 1.90. The first-order chi connectivity index (χ1) is 9.97. The minimum Gasteiger partial charge on any atom is -0.370 e. The molecule has 0 saturated carbocycles. The summed E-state index contributed by atoms with van der Waals surface area (Å²) in [6.45, 7) is 10.5. The molecule has 21 heavy (non-hydrogen) atoms. The lowest BCUT2D eigenvalue weighted by molar-refractivity contribution is 0.546. The van der Waals surface area contributed by atoms with Crippen molar-refractivity contribution in [1.29, 1.82) is 0 Å². The van der Waals surface area contributed by atoms with Crippen molar-refractivity contribution >= 4 is 23.4 Å². The maximum absolute atomic E-state index is 4.66. The van der Waals surface area contributed by atoms with Gasteiger partial charge in [-0.15, -0.1) is 0 Å². The molecule has 0 unspecified atom stereocenters. The van der Waals surface area contributed by atoms with E-state index in [1.54, 1.807) is 0 Å². The molecule has 120 valence electrons. The molecule has 0 fully saturated rings. The first kappa shape index (κ1) is 18.1. The third kappa shape index (κ3) is 7.02. The Labute approximate surface area is 133 Å². The van der Waals surface area contributed by atoms with Crippen LogP contribution in [0.5, 0.6) is 0 Å². The fraction of sp³-hybridized carbons (Fsp3) is 0.750. The number of anilines is 2. The third-order valence-electron chi connectivity index (χ3n) is 3.03. The van der Waals surface area contributed by atoms with Gasteiger partial charge in [-0.1, -0.05) is 27.7 Å². The summed E-state index contributed by atoms with van der Waals surface area (Å²) < 4.78 is 0. The van der Waals surface area contributed by atoms with Gasteiger partial charge < -0.3 is 10.6 Å². The Morgan fingerprint density at radius 3 is 2.19 bits per heavy atom. The Balaban J connectivity index is 2.72. The van der Waals surface area contributed by atoms with Crippen LogP contribution in [0.2, 0.25) is 0 Å². The largest absolute Gasteiger partial charge is 0.370 e. The van der Waals surface area contributed by atoms with Gasteiger partial charge in [0.2, 0.25) is 0 Å². The predicted octanol–water partition coefficient (Wildman–Crippen LogP) is 4.15. The van der Waals surface area contributed by atoms with Crippen molar-refractivity contribution in [2.75, 3.05) is 35.7 Å². The second kappa shape index (κ2) is 9.13. The molecule has 0 aliphatic carbocycles. The van der Waals surface area contributed by atoms with E-state index in [4.69, 9.17) is 0 Å². The zero-order valence-corrected chi connectivity index (χ0v) is 14.9. The van der Waals surface area contributed by atoms with Crippen molar-refractivity contribution in [3.8, 4) is 0 Å². The van der Waals surface area contributed by atoms with Gasteiger partial charge in [-0.2, -0.15) is 11.8 Å². The first-order valence-corrected chi connectivity index (χ1v) is 9.23. The van der Waals surface area contributed by atoms with Crippen molar-refractivity contribution in [3.63, 3.8) is 0 Å². The van der Waals surface area contributed by atoms with Crippen LogP contribution in [-0.4, -0.2) is 35.1 Å². The van der Waals surface area contributed by atoms with Gasteiger partial charge >= 0.3 is 0 Å². The number of nitrogens with zero attached hydrogens (tertiary/aromatic N) is 2. The van der Waals surface area contributed by atoms with Gasteiger partial charge in [0.25, 0.3) is 0 Å². The highest BCUT2D eigenvalue weighted by molar-refractivity contribution is 7.98. The second-order valence-electron chi connectivity index (χ2n) is 6.27. The molecule has 0 radical (unpaired) electrons. The van der Waals surface area contributed by atoms with E-state index in [1.807, 2.05) is 17.8 Å². The molecule has 0 amide bonds. The summed E-state index contributed by atoms with van der Waals surface area (Å²) in [6.07, 6.45) is 5.66. The average molecular weight is 311 g/mol. The molecule has 0 aliphatic heterocycles. The summed E-state index contributed by atoms with van der Waals surface area (Å²) in [7, 11) is 0. The average Bonchev–Trinajstić information content (AvgIpc) is 2.44. The lowest BCUT2D eigenvalue weighted by atomic mass is 9.96. The molecule has 0 saturated heterocycles. The number of hydrogen-bond acceptors (Lipinski definition) is 5. The van der Waals surface area contributed by atoms with E-state index < -0.39 is 0 Å². The lowest BCUT2D eigenvalue weighted by Gasteiger charge is -2.19. The lowest BCUT2D eigenvalue weighted by Crippen LogP contribution is -2.19. The maximum atomic E-state index is 4.66. The molecule has 1 heterocycles. The highest BCUT2D eigenvalue weighted by atomic mass is 32.2. The van der Waals surface area contributed by atoms with Crippen LogP contribution in [0, 0.1) is 0 Å². The topological polar surface area (TPSA) is 49.8 Å². The molecule has 1 aromatic rings. The summed E-state index contributed by atoms with van der Waals surface area (Å²) in [6, 6.07) is 2.01. The highest BCUT2D eigenvalue weighted by Crippen LogP contribution is 2.22. The molecule has 0 spiro atoms. The zero-order chi connectivity index (χ0) is 15.7. The Hall–Kier alpha value is -0.970. The molecule has 0 aromatic carbocycles. The van der Waals surface area contributed by atoms with Gasteiger partial charge in [0.1, 0.15) is 17.5 Å². The Morgan fingerprint density at radius 1 is 1.05 bits per heavy atom. The normalized spacial score (nSPS) is 11.5. The van der Waals surface area contributed by atoms with E-state index in [1.165, 1.54) is 18.6 Å². The predicted molar refractivity (Wildman–Crippen MR) is 95.6 cm³/mol. The third-order valence-corrected chi connectivity index (χ3v) is 3.73. The summed E-state index contributed by atoms with van der Waals surface area (Å²) in [4.78, 5) is 9.30. The summed E-state index contributed by atoms with van der Waals surface area (Å²) in [5.41, 5.74) is -0.0425. The van der Waals surface area contributed by atoms with Crippen LogP contribution in [0.15, 0.2) is 6.07 Å². The van der Waals surface area contributed by atoms with Crippen LogP contribution in [0.1, 0.15) is 52.8 Å². The Morgan fingerprint density at radius 2 is 1.67 bits per heavy atom. The monoisotopic (exact) mass is 310 g/mol. The van der Waals surface area contributed by atoms with Gasteiger partial charge in [-0.3, -0.25) is 0 Å². The van der Waals surface area contributed by atoms with Gasteiger partial charge in [0.15, 0.2) is 0 Å². The minimum atomic E-state index is -0.0425. The van der Waals surface area contributed by atoms with E-state index >= 15 is 0 Å². The Kier molecular flexibility index (Phi) is 7.86. The number of aromatic nitrogens is 2. The van der Waals surface area contributed by atoms with Crippen molar-refractivity contribution < 1.29 is 0 Å². The molecule has 1 rings (SSSR count). The van der Waals surface area contributed by atoms with Crippen LogP contribution in [0.25, 0.3) is 0 Å². The van der Waals surface area contributed by atoms with Gasteiger partial charge in [0.05, 0.1) is 0 Å². The maximum Gasteiger partial charge on any atom is 0.138 e. The fourth-order valence-corrected chi connectivity index (χ4v) is 2.30. The van der Waals surface area contributed by atoms with Crippen LogP contribution in [0.3, 0.4) is 0 Å². The van der Waals surface area contributed by atoms with Gasteiger partial charge in [-0.05, 0) is 31.3 Å². The van der Waals surface area contributed by atoms with Crippen LogP contribution < -0.4 is 10.6 Å². The number of nitrogens with one attached hydrogen (secondary N) is 2. The molecular weight excluding hydrogens is 280 g/mol. The summed E-state index contributed by atoms with van der Waals surface area (Å²) in [5.74, 6) is 3.96. The number of rotatable bonds is 9. The minimum absolute atomic E-state index is 0.0425. The van der Waals surface area contributed by atoms with E-state index in [9.17, 15) is 0 Å². The first-order valence-electron chi connectivity index (χ1n) is 7.83. The highest BCUT2D eigenvalue weighted by Gasteiger charge is 2.19. The Bertz CT molecular complexity index is 415. The second-order valence-corrected chi connectivity index (χ2v) is 7.25. The molecule has 0 aliphatic rings. The van der Waals surface area contributed by atoms with Gasteiger partial charge in [0, 0.05) is 24.6 Å². The van der Waals surface area contributed by atoms with Crippen LogP contribution in [0.4, 0.5) is 11.6 Å². The van der Waals surface area contributed by atoms with E-state index in [0.717, 1.165) is 37.0 Å². The van der Waals surface area contributed by atoms with E-state index in [0.29, 0.717) is 0 Å². The van der Waals surface area contributed by atoms with Gasteiger partial charge in [-0.25, -0.2) is 9.97 Å². The summed E-state index contributed by atoms with van der Waals surface area (Å²) in [5, 5.41) is 6.80. The van der Waals surface area contributed by atoms with Crippen LogP contribution >= 0.6 is 11.8 Å². The zero-order valence-electron chi connectivity index (χ0n) is 14.1. The molecule has 0 bridgehead atoms. The van der Waals surface area contributed by atoms with Crippen molar-refractivity contribution in [2.45, 2.75) is 52.4 Å². The standard InChI is InChI=1S/C16H30N4S/c1-6-9-17-13-12-14(18-10-7-8-11-21-5)20-15(19-13)16(2,3)4/h12H,6-11H2,1-5H3,(H2,17,18,19,20). The fourth-order valence-electron chi connectivity index (χ4n) is 1.80. The molecule has 2 N–H and O–H groups in total. The van der Waals surface area contributed by atoms with E-state index in [2.05, 4.69) is 54.6 Å². The molecule has 0 atom stereocenters. The molecular formula is C16H30N4S. The SMILES string of the molecule is CCCNc1cc(NCCCCSC)nc(C(C)(C)C)n1. The molecule has 5 heteroatoms. The number of hydrogen-bond donors (Lipinski definition) is 2. The van der Waals surface area contributed by atoms with Crippen LogP contribution in [-0.2, 0) is 5.41 Å². The van der Waals surface area contributed by atoms with E-state index in [-0.39, 0.29) is 5.41 Å². The quantitative estimate of drug-likeness (QED) is 0.671. The van der Waals surface area contributed by atoms with Crippen molar-refractivity contribution in [2.24, 2.45) is 0 Å². The smallest absolute Gasteiger partial charge is 0.138 e. The van der Waals surface area contributed by atoms with Crippen molar-refractivity contribution in [1.82, 2.24) is 9.97 Å². The number of unbranched alkanes of at least 4 members (excludes halogenated alkanes) is 1.